The average Bonchev–Trinajstić information content (AvgIpc) is 2.78. The summed E-state index contributed by atoms with van der Waals surface area (Å²) >= 11 is 7.25. The fraction of sp³-hybridized carbons (Fsp3) is 0.438. The lowest BCUT2D eigenvalue weighted by Crippen LogP contribution is -2.18. The molecule has 2 aromatic rings. The number of hydrogen-bond donors (Lipinski definition) is 1. The Morgan fingerprint density at radius 2 is 2.10 bits per heavy atom. The second-order valence-electron chi connectivity index (χ2n) is 5.36. The minimum Gasteiger partial charge on any atom is -0.312 e. The van der Waals surface area contributed by atoms with E-state index in [1.165, 1.54) is 20.5 Å². The van der Waals surface area contributed by atoms with E-state index in [2.05, 4.69) is 60.2 Å². The lowest BCUT2D eigenvalue weighted by atomic mass is 10.2. The Hall–Kier alpha value is -0.360. The third-order valence-electron chi connectivity index (χ3n) is 2.96. The maximum atomic E-state index is 4.70. The van der Waals surface area contributed by atoms with Gasteiger partial charge in [0.25, 0.3) is 0 Å². The highest BCUT2D eigenvalue weighted by atomic mass is 79.9. The van der Waals surface area contributed by atoms with Crippen molar-refractivity contribution in [2.45, 2.75) is 38.0 Å². The van der Waals surface area contributed by atoms with Crippen LogP contribution in [0.15, 0.2) is 33.6 Å². The minimum atomic E-state index is 0.684. The Balaban J connectivity index is 1.91. The maximum absolute atomic E-state index is 4.70. The van der Waals surface area contributed by atoms with Gasteiger partial charge in [-0.2, -0.15) is 0 Å². The summed E-state index contributed by atoms with van der Waals surface area (Å²) in [5.74, 6) is 1.61. The zero-order valence-corrected chi connectivity index (χ0v) is 15.9. The molecule has 1 heterocycles. The molecule has 0 bridgehead atoms. The van der Waals surface area contributed by atoms with Gasteiger partial charge in [-0.1, -0.05) is 26.0 Å². The van der Waals surface area contributed by atoms with Crippen molar-refractivity contribution in [3.63, 3.8) is 0 Å². The van der Waals surface area contributed by atoms with E-state index in [4.69, 9.17) is 4.98 Å². The van der Waals surface area contributed by atoms with Gasteiger partial charge < -0.3 is 5.32 Å². The van der Waals surface area contributed by atoms with Crippen LogP contribution in [-0.4, -0.2) is 11.5 Å². The van der Waals surface area contributed by atoms with Gasteiger partial charge in [-0.05, 0) is 47.4 Å². The fourth-order valence-corrected chi connectivity index (χ4v) is 4.49. The summed E-state index contributed by atoms with van der Waals surface area (Å²) in [5.41, 5.74) is 1.17. The summed E-state index contributed by atoms with van der Waals surface area (Å²) in [4.78, 5) is 7.32. The highest BCUT2D eigenvalue weighted by Gasteiger charge is 2.09. The summed E-state index contributed by atoms with van der Waals surface area (Å²) in [7, 11) is 0. The Bertz CT molecular complexity index is 581. The molecule has 21 heavy (non-hydrogen) atoms. The van der Waals surface area contributed by atoms with Crippen LogP contribution in [0.5, 0.6) is 0 Å². The van der Waals surface area contributed by atoms with E-state index >= 15 is 0 Å². The van der Waals surface area contributed by atoms with Crippen molar-refractivity contribution in [1.82, 2.24) is 10.3 Å². The second-order valence-corrected chi connectivity index (χ2v) is 8.40. The molecule has 0 saturated carbocycles. The van der Waals surface area contributed by atoms with Crippen LogP contribution in [0.2, 0.25) is 0 Å². The smallest absolute Gasteiger partial charge is 0.103 e. The molecule has 0 atom stereocenters. The lowest BCUT2D eigenvalue weighted by molar-refractivity contribution is 0.554. The molecule has 114 valence electrons. The van der Waals surface area contributed by atoms with E-state index in [0.717, 1.165) is 23.3 Å². The predicted molar refractivity (Wildman–Crippen MR) is 97.1 cm³/mol. The molecule has 0 aliphatic heterocycles. The normalized spacial score (nSPS) is 11.3. The molecule has 0 aliphatic carbocycles. The number of rotatable bonds is 7. The van der Waals surface area contributed by atoms with Gasteiger partial charge >= 0.3 is 0 Å². The highest BCUT2D eigenvalue weighted by molar-refractivity contribution is 9.10. The predicted octanol–water partition coefficient (Wildman–Crippen LogP) is 5.25. The van der Waals surface area contributed by atoms with Gasteiger partial charge in [0.1, 0.15) is 5.01 Å². The molecule has 0 unspecified atom stereocenters. The average molecular weight is 385 g/mol. The molecule has 2 rings (SSSR count). The largest absolute Gasteiger partial charge is 0.312 e. The van der Waals surface area contributed by atoms with Crippen molar-refractivity contribution in [3.8, 4) is 0 Å². The SMILES string of the molecule is Cc1nc(CSc2ccccc2Br)sc1CNCC(C)C. The maximum Gasteiger partial charge on any atom is 0.103 e. The summed E-state index contributed by atoms with van der Waals surface area (Å²) in [6.45, 7) is 8.55. The molecule has 0 spiro atoms. The molecule has 0 fully saturated rings. The van der Waals surface area contributed by atoms with Crippen LogP contribution >= 0.6 is 39.0 Å². The summed E-state index contributed by atoms with van der Waals surface area (Å²) in [6.07, 6.45) is 0. The number of nitrogens with one attached hydrogen (secondary N) is 1. The van der Waals surface area contributed by atoms with E-state index in [-0.39, 0.29) is 0 Å². The quantitative estimate of drug-likeness (QED) is 0.659. The molecular weight excluding hydrogens is 364 g/mol. The number of nitrogens with zero attached hydrogens (tertiary/aromatic N) is 1. The van der Waals surface area contributed by atoms with E-state index in [1.807, 2.05) is 29.2 Å². The van der Waals surface area contributed by atoms with Crippen LogP contribution in [0.3, 0.4) is 0 Å². The molecule has 0 saturated heterocycles. The third-order valence-corrected chi connectivity index (χ3v) is 6.34. The summed E-state index contributed by atoms with van der Waals surface area (Å²) < 4.78 is 1.15. The molecule has 0 amide bonds. The summed E-state index contributed by atoms with van der Waals surface area (Å²) in [6, 6.07) is 8.33. The first-order chi connectivity index (χ1) is 10.1. The fourth-order valence-electron chi connectivity index (χ4n) is 1.89. The van der Waals surface area contributed by atoms with Crippen molar-refractivity contribution >= 4 is 39.0 Å². The molecule has 0 radical (unpaired) electrons. The number of halogens is 1. The van der Waals surface area contributed by atoms with Crippen molar-refractivity contribution in [2.24, 2.45) is 5.92 Å². The first kappa shape index (κ1) is 17.0. The molecule has 1 N–H and O–H groups in total. The van der Waals surface area contributed by atoms with Gasteiger partial charge in [0, 0.05) is 20.8 Å². The number of aryl methyl sites for hydroxylation is 1. The summed E-state index contributed by atoms with van der Waals surface area (Å²) in [5, 5.41) is 4.70. The van der Waals surface area contributed by atoms with Crippen LogP contribution in [-0.2, 0) is 12.3 Å². The van der Waals surface area contributed by atoms with E-state index < -0.39 is 0 Å². The van der Waals surface area contributed by atoms with Crippen LogP contribution < -0.4 is 5.32 Å². The lowest BCUT2D eigenvalue weighted by Gasteiger charge is -2.05. The highest BCUT2D eigenvalue weighted by Crippen LogP contribution is 2.31. The Morgan fingerprint density at radius 1 is 1.33 bits per heavy atom. The van der Waals surface area contributed by atoms with Crippen molar-refractivity contribution < 1.29 is 0 Å². The van der Waals surface area contributed by atoms with Gasteiger partial charge in [0.2, 0.25) is 0 Å². The topological polar surface area (TPSA) is 24.9 Å². The first-order valence-electron chi connectivity index (χ1n) is 7.09. The van der Waals surface area contributed by atoms with Gasteiger partial charge in [-0.15, -0.1) is 23.1 Å². The molecule has 2 nitrogen and oxygen atoms in total. The molecular formula is C16H21BrN2S2. The van der Waals surface area contributed by atoms with Gasteiger partial charge in [-0.25, -0.2) is 4.98 Å². The van der Waals surface area contributed by atoms with E-state index in [9.17, 15) is 0 Å². The molecule has 0 aliphatic rings. The van der Waals surface area contributed by atoms with Crippen molar-refractivity contribution in [1.29, 1.82) is 0 Å². The molecule has 1 aromatic carbocycles. The first-order valence-corrected chi connectivity index (χ1v) is 9.69. The zero-order valence-electron chi connectivity index (χ0n) is 12.6. The van der Waals surface area contributed by atoms with Crippen molar-refractivity contribution in [3.05, 3.63) is 44.3 Å². The van der Waals surface area contributed by atoms with Crippen LogP contribution in [0.4, 0.5) is 0 Å². The van der Waals surface area contributed by atoms with Gasteiger partial charge in [-0.3, -0.25) is 0 Å². The number of thioether (sulfide) groups is 1. The zero-order chi connectivity index (χ0) is 15.2. The van der Waals surface area contributed by atoms with Crippen molar-refractivity contribution in [2.75, 3.05) is 6.54 Å². The van der Waals surface area contributed by atoms with E-state index in [1.54, 1.807) is 0 Å². The second kappa shape index (κ2) is 8.32. The number of thiazole rings is 1. The van der Waals surface area contributed by atoms with Gasteiger partial charge in [0.05, 0.1) is 11.4 Å². The number of hydrogen-bond acceptors (Lipinski definition) is 4. The van der Waals surface area contributed by atoms with Crippen LogP contribution in [0, 0.1) is 12.8 Å². The van der Waals surface area contributed by atoms with Gasteiger partial charge in [0.15, 0.2) is 0 Å². The molecule has 5 heteroatoms. The Morgan fingerprint density at radius 3 is 2.81 bits per heavy atom. The number of aromatic nitrogens is 1. The Kier molecular flexibility index (Phi) is 6.74. The van der Waals surface area contributed by atoms with Crippen LogP contribution in [0.25, 0.3) is 0 Å². The third kappa shape index (κ3) is 5.40. The minimum absolute atomic E-state index is 0.684. The van der Waals surface area contributed by atoms with E-state index in [0.29, 0.717) is 5.92 Å². The standard InChI is InChI=1S/C16H21BrN2S2/c1-11(2)8-18-9-15-12(3)19-16(21-15)10-20-14-7-5-4-6-13(14)17/h4-7,11,18H,8-10H2,1-3H3. The monoisotopic (exact) mass is 384 g/mol. The molecule has 1 aromatic heterocycles. The number of benzene rings is 1. The Labute approximate surface area is 143 Å². The van der Waals surface area contributed by atoms with Crippen LogP contribution in [0.1, 0.15) is 29.4 Å².